The van der Waals surface area contributed by atoms with Crippen LogP contribution >= 0.6 is 0 Å². The van der Waals surface area contributed by atoms with Crippen molar-refractivity contribution in [2.45, 2.75) is 44.9 Å². The molecule has 2 saturated heterocycles. The van der Waals surface area contributed by atoms with Crippen LogP contribution in [0.1, 0.15) is 55.3 Å². The molecule has 3 aliphatic heterocycles. The molecule has 3 amide bonds. The van der Waals surface area contributed by atoms with Gasteiger partial charge in [-0.25, -0.2) is 0 Å². The quantitative estimate of drug-likeness (QED) is 0.735. The molecule has 0 saturated carbocycles. The zero-order chi connectivity index (χ0) is 22.4. The number of hydrogen-bond acceptors (Lipinski definition) is 4. The van der Waals surface area contributed by atoms with Crippen molar-refractivity contribution >= 4 is 17.7 Å². The Morgan fingerprint density at radius 3 is 2.69 bits per heavy atom. The third-order valence-electron chi connectivity index (χ3n) is 6.96. The van der Waals surface area contributed by atoms with E-state index in [-0.39, 0.29) is 23.1 Å². The molecule has 0 radical (unpaired) electrons. The van der Waals surface area contributed by atoms with E-state index in [1.165, 1.54) is 0 Å². The molecule has 0 bridgehead atoms. The average Bonchev–Trinajstić information content (AvgIpc) is 3.23. The number of likely N-dealkylation sites (tertiary alicyclic amines) is 2. The van der Waals surface area contributed by atoms with Crippen LogP contribution in [-0.4, -0.2) is 66.9 Å². The van der Waals surface area contributed by atoms with E-state index in [0.29, 0.717) is 56.9 Å². The number of carbonyl (C=O) groups excluding carboxylic acids is 3. The molecule has 0 aromatic heterocycles. The van der Waals surface area contributed by atoms with Crippen LogP contribution in [0.15, 0.2) is 36.4 Å². The van der Waals surface area contributed by atoms with Gasteiger partial charge in [-0.3, -0.25) is 14.4 Å². The molecular formula is C25H33N3O4. The second kappa shape index (κ2) is 10.2. The topological polar surface area (TPSA) is 79.0 Å². The van der Waals surface area contributed by atoms with Crippen molar-refractivity contribution < 1.29 is 19.1 Å². The number of nitrogens with zero attached hydrogens (tertiary/aromatic N) is 2. The van der Waals surface area contributed by atoms with Crippen molar-refractivity contribution in [2.24, 2.45) is 5.41 Å². The largest absolute Gasteiger partial charge is 0.492 e. The maximum absolute atomic E-state index is 12.9. The van der Waals surface area contributed by atoms with E-state index in [1.54, 1.807) is 11.0 Å². The first-order valence-corrected chi connectivity index (χ1v) is 11.8. The van der Waals surface area contributed by atoms with Gasteiger partial charge in [-0.2, -0.15) is 0 Å². The van der Waals surface area contributed by atoms with Crippen molar-refractivity contribution in [2.75, 3.05) is 39.3 Å². The third-order valence-corrected chi connectivity index (χ3v) is 6.96. The van der Waals surface area contributed by atoms with Gasteiger partial charge in [0.15, 0.2) is 0 Å². The SMILES string of the molecule is O=C1NCC2(C/C=C/CCOc3ccccc31)CCN(C(=O)CCN1CCCC1=O)CC2. The Kier molecular flexibility index (Phi) is 7.12. The molecule has 3 aliphatic rings. The number of ether oxygens (including phenoxy) is 1. The number of piperidine rings is 1. The van der Waals surface area contributed by atoms with Crippen molar-refractivity contribution in [1.82, 2.24) is 15.1 Å². The van der Waals surface area contributed by atoms with Crippen LogP contribution in [0.3, 0.4) is 0 Å². The Morgan fingerprint density at radius 2 is 1.91 bits per heavy atom. The highest BCUT2D eigenvalue weighted by molar-refractivity contribution is 5.96. The Labute approximate surface area is 189 Å². The second-order valence-corrected chi connectivity index (χ2v) is 9.11. The molecule has 0 unspecified atom stereocenters. The Morgan fingerprint density at radius 1 is 1.09 bits per heavy atom. The summed E-state index contributed by atoms with van der Waals surface area (Å²) in [6, 6.07) is 7.36. The van der Waals surface area contributed by atoms with E-state index in [1.807, 2.05) is 23.1 Å². The molecular weight excluding hydrogens is 406 g/mol. The third kappa shape index (κ3) is 5.31. The number of benzene rings is 1. The predicted molar refractivity (Wildman–Crippen MR) is 121 cm³/mol. The molecule has 0 aliphatic carbocycles. The lowest BCUT2D eigenvalue weighted by molar-refractivity contribution is -0.134. The number of hydrogen-bond donors (Lipinski definition) is 1. The van der Waals surface area contributed by atoms with E-state index in [4.69, 9.17) is 4.74 Å². The summed E-state index contributed by atoms with van der Waals surface area (Å²) in [6.07, 6.45) is 9.62. The molecule has 1 N–H and O–H groups in total. The standard InChI is InChI=1S/C25H33N3O4/c29-22-9-6-14-27(22)15-10-23(30)28-16-12-25(13-17-28)11-4-1-5-18-32-21-8-3-2-7-20(21)24(31)26-19-25/h1-4,7-8H,5-6,9-19H2,(H,26,31)/b4-1+. The van der Waals surface area contributed by atoms with Crippen LogP contribution < -0.4 is 10.1 Å². The van der Waals surface area contributed by atoms with Crippen LogP contribution in [0.4, 0.5) is 0 Å². The fourth-order valence-corrected chi connectivity index (χ4v) is 4.84. The monoisotopic (exact) mass is 439 g/mol. The molecule has 32 heavy (non-hydrogen) atoms. The average molecular weight is 440 g/mol. The first-order valence-electron chi connectivity index (χ1n) is 11.8. The summed E-state index contributed by atoms with van der Waals surface area (Å²) in [7, 11) is 0. The lowest BCUT2D eigenvalue weighted by atomic mass is 9.75. The number of para-hydroxylation sites is 1. The van der Waals surface area contributed by atoms with E-state index in [9.17, 15) is 14.4 Å². The molecule has 3 heterocycles. The zero-order valence-corrected chi connectivity index (χ0v) is 18.7. The van der Waals surface area contributed by atoms with E-state index < -0.39 is 0 Å². The summed E-state index contributed by atoms with van der Waals surface area (Å²) in [4.78, 5) is 41.1. The van der Waals surface area contributed by atoms with Crippen LogP contribution in [0.25, 0.3) is 0 Å². The molecule has 1 aromatic rings. The number of fused-ring (bicyclic) bond motifs is 1. The van der Waals surface area contributed by atoms with E-state index >= 15 is 0 Å². The zero-order valence-electron chi connectivity index (χ0n) is 18.7. The minimum Gasteiger partial charge on any atom is -0.492 e. The van der Waals surface area contributed by atoms with Gasteiger partial charge in [0.2, 0.25) is 11.8 Å². The molecule has 4 rings (SSSR count). The summed E-state index contributed by atoms with van der Waals surface area (Å²) in [6.45, 7) is 3.80. The predicted octanol–water partition coefficient (Wildman–Crippen LogP) is 2.77. The number of nitrogens with one attached hydrogen (secondary N) is 1. The molecule has 1 spiro atoms. The second-order valence-electron chi connectivity index (χ2n) is 9.11. The van der Waals surface area contributed by atoms with Gasteiger partial charge in [-0.05, 0) is 49.7 Å². The molecule has 2 fully saturated rings. The Hall–Kier alpha value is -2.83. The molecule has 1 aromatic carbocycles. The van der Waals surface area contributed by atoms with Crippen molar-refractivity contribution in [3.8, 4) is 5.75 Å². The number of rotatable bonds is 3. The number of amides is 3. The summed E-state index contributed by atoms with van der Waals surface area (Å²) in [5.41, 5.74) is 0.513. The van der Waals surface area contributed by atoms with Gasteiger partial charge in [0.25, 0.3) is 5.91 Å². The van der Waals surface area contributed by atoms with Crippen LogP contribution in [0, 0.1) is 5.41 Å². The fourth-order valence-electron chi connectivity index (χ4n) is 4.84. The normalized spacial score (nSPS) is 22.4. The van der Waals surface area contributed by atoms with Crippen molar-refractivity contribution in [1.29, 1.82) is 0 Å². The van der Waals surface area contributed by atoms with Gasteiger partial charge in [0, 0.05) is 45.6 Å². The minimum atomic E-state index is -0.113. The highest BCUT2D eigenvalue weighted by Gasteiger charge is 2.36. The van der Waals surface area contributed by atoms with Gasteiger partial charge in [-0.15, -0.1) is 0 Å². The van der Waals surface area contributed by atoms with Crippen LogP contribution in [0.2, 0.25) is 0 Å². The lowest BCUT2D eigenvalue weighted by Crippen LogP contribution is -2.48. The summed E-state index contributed by atoms with van der Waals surface area (Å²) in [5, 5.41) is 3.13. The molecule has 172 valence electrons. The first-order chi connectivity index (χ1) is 15.6. The van der Waals surface area contributed by atoms with Crippen LogP contribution in [-0.2, 0) is 9.59 Å². The number of allylic oxidation sites excluding steroid dienone is 1. The van der Waals surface area contributed by atoms with Gasteiger partial charge >= 0.3 is 0 Å². The number of carbonyl (C=O) groups is 3. The van der Waals surface area contributed by atoms with Gasteiger partial charge in [-0.1, -0.05) is 24.3 Å². The summed E-state index contributed by atoms with van der Waals surface area (Å²) >= 11 is 0. The summed E-state index contributed by atoms with van der Waals surface area (Å²) < 4.78 is 5.79. The fraction of sp³-hybridized carbons (Fsp3) is 0.560. The van der Waals surface area contributed by atoms with Gasteiger partial charge in [0.05, 0.1) is 12.2 Å². The maximum Gasteiger partial charge on any atom is 0.255 e. The Bertz CT molecular complexity index is 874. The molecule has 0 atom stereocenters. The first kappa shape index (κ1) is 22.4. The van der Waals surface area contributed by atoms with Crippen LogP contribution in [0.5, 0.6) is 5.75 Å². The highest BCUT2D eigenvalue weighted by Crippen LogP contribution is 2.35. The minimum absolute atomic E-state index is 0.0527. The summed E-state index contributed by atoms with van der Waals surface area (Å²) in [5.74, 6) is 0.791. The highest BCUT2D eigenvalue weighted by atomic mass is 16.5. The van der Waals surface area contributed by atoms with Gasteiger partial charge < -0.3 is 19.9 Å². The van der Waals surface area contributed by atoms with Crippen molar-refractivity contribution in [3.63, 3.8) is 0 Å². The van der Waals surface area contributed by atoms with Crippen molar-refractivity contribution in [3.05, 3.63) is 42.0 Å². The van der Waals surface area contributed by atoms with E-state index in [2.05, 4.69) is 17.5 Å². The maximum atomic E-state index is 12.9. The molecule has 7 nitrogen and oxygen atoms in total. The van der Waals surface area contributed by atoms with E-state index in [0.717, 1.165) is 38.6 Å². The molecule has 7 heteroatoms. The van der Waals surface area contributed by atoms with Gasteiger partial charge in [0.1, 0.15) is 5.75 Å². The lowest BCUT2D eigenvalue weighted by Gasteiger charge is -2.42. The smallest absolute Gasteiger partial charge is 0.255 e. The Balaban J connectivity index is 1.36.